The van der Waals surface area contributed by atoms with Gasteiger partial charge in [0.2, 0.25) is 0 Å². The standard InChI is InChI=1S/C40H63O3PS/c1-6-11-16-19-25-35-34-36-26-23-24-30-39(36)40(38(35)29-22-17-12-7-2)45(41,42)43-44(31-13-8-3,32-14-9-4,33-15-10-5)37-27-20-18-21-28-37/h18,20-21,23-24,26-28,30,34H,6-17,19,22,25,29,31-33H2,1-5H3. The van der Waals surface area contributed by atoms with Crippen LogP contribution in [0, 0.1) is 0 Å². The second-order valence-electron chi connectivity index (χ2n) is 13.4. The molecule has 0 unspecified atom stereocenters. The zero-order valence-corrected chi connectivity index (χ0v) is 31.0. The first-order valence-electron chi connectivity index (χ1n) is 18.4. The summed E-state index contributed by atoms with van der Waals surface area (Å²) in [5, 5.41) is 2.98. The van der Waals surface area contributed by atoms with Crippen molar-refractivity contribution in [3.8, 4) is 0 Å². The van der Waals surface area contributed by atoms with Gasteiger partial charge in [-0.3, -0.25) is 0 Å². The summed E-state index contributed by atoms with van der Waals surface area (Å²) in [5.74, 6) is 0. The van der Waals surface area contributed by atoms with Crippen molar-refractivity contribution < 1.29 is 12.4 Å². The van der Waals surface area contributed by atoms with Crippen molar-refractivity contribution in [1.29, 1.82) is 0 Å². The molecule has 0 N–H and O–H groups in total. The molecule has 0 aromatic heterocycles. The van der Waals surface area contributed by atoms with E-state index in [9.17, 15) is 0 Å². The number of hydrogen-bond acceptors (Lipinski definition) is 3. The molecule has 0 aliphatic carbocycles. The molecule has 0 heterocycles. The van der Waals surface area contributed by atoms with Gasteiger partial charge in [-0.15, -0.1) is 0 Å². The predicted octanol–water partition coefficient (Wildman–Crippen LogP) is 12.0. The first-order chi connectivity index (χ1) is 21.8. The van der Waals surface area contributed by atoms with Crippen LogP contribution in [0.5, 0.6) is 0 Å². The molecule has 3 nitrogen and oxygen atoms in total. The molecule has 3 rings (SSSR count). The van der Waals surface area contributed by atoms with Crippen LogP contribution < -0.4 is 5.30 Å². The van der Waals surface area contributed by atoms with E-state index in [1.165, 1.54) is 31.2 Å². The maximum absolute atomic E-state index is 15.4. The van der Waals surface area contributed by atoms with Gasteiger partial charge in [0.1, 0.15) is 0 Å². The van der Waals surface area contributed by atoms with E-state index in [0.717, 1.165) is 117 Å². The zero-order valence-electron chi connectivity index (χ0n) is 29.3. The maximum atomic E-state index is 15.4. The van der Waals surface area contributed by atoms with Gasteiger partial charge < -0.3 is 0 Å². The van der Waals surface area contributed by atoms with E-state index in [1.54, 1.807) is 0 Å². The van der Waals surface area contributed by atoms with Crippen LogP contribution in [-0.4, -0.2) is 26.9 Å². The van der Waals surface area contributed by atoms with Crippen LogP contribution in [0.25, 0.3) is 10.8 Å². The van der Waals surface area contributed by atoms with Crippen LogP contribution in [0.4, 0.5) is 0 Å². The number of fused-ring (bicyclic) bond motifs is 1. The van der Waals surface area contributed by atoms with Gasteiger partial charge in [0.25, 0.3) is 0 Å². The summed E-state index contributed by atoms with van der Waals surface area (Å²) in [6, 6.07) is 21.0. The first kappa shape index (κ1) is 37.7. The van der Waals surface area contributed by atoms with E-state index >= 15 is 8.42 Å². The molecule has 45 heavy (non-hydrogen) atoms. The monoisotopic (exact) mass is 654 g/mol. The third-order valence-electron chi connectivity index (χ3n) is 9.82. The average molecular weight is 655 g/mol. The Morgan fingerprint density at radius 3 is 1.64 bits per heavy atom. The van der Waals surface area contributed by atoms with Gasteiger partial charge >= 0.3 is 278 Å². The quantitative estimate of drug-likeness (QED) is 0.0755. The Balaban J connectivity index is 2.34. The van der Waals surface area contributed by atoms with Crippen molar-refractivity contribution >= 4 is 33.0 Å². The Morgan fingerprint density at radius 1 is 0.578 bits per heavy atom. The molecular formula is C40H63O3PS. The van der Waals surface area contributed by atoms with Crippen molar-refractivity contribution in [3.05, 3.63) is 71.8 Å². The normalized spacial score (nSPS) is 13.2. The molecule has 0 aliphatic heterocycles. The molecule has 0 fully saturated rings. The summed E-state index contributed by atoms with van der Waals surface area (Å²) >= 11 is 0. The second-order valence-corrected chi connectivity index (χ2v) is 20.4. The number of benzene rings is 3. The number of aryl methyl sites for hydroxylation is 1. The minimum absolute atomic E-state index is 0.469. The molecule has 0 aliphatic rings. The fraction of sp³-hybridized carbons (Fsp3) is 0.600. The van der Waals surface area contributed by atoms with Crippen molar-refractivity contribution in [2.75, 3.05) is 18.5 Å². The molecule has 0 saturated carbocycles. The zero-order chi connectivity index (χ0) is 32.6. The van der Waals surface area contributed by atoms with E-state index in [4.69, 9.17) is 3.97 Å². The third kappa shape index (κ3) is 9.65. The molecule has 0 saturated heterocycles. The Kier molecular flexibility index (Phi) is 15.6. The summed E-state index contributed by atoms with van der Waals surface area (Å²) in [7, 11) is -4.12. The minimum atomic E-state index is -4.12. The van der Waals surface area contributed by atoms with Gasteiger partial charge in [0, 0.05) is 0 Å². The van der Waals surface area contributed by atoms with Crippen LogP contribution >= 0.6 is 6.83 Å². The van der Waals surface area contributed by atoms with Gasteiger partial charge in [-0.2, -0.15) is 0 Å². The van der Waals surface area contributed by atoms with Crippen LogP contribution in [-0.2, 0) is 26.9 Å². The van der Waals surface area contributed by atoms with Crippen molar-refractivity contribution in [2.24, 2.45) is 0 Å². The average Bonchev–Trinajstić information content (AvgIpc) is 3.06. The molecule has 252 valence electrons. The summed E-state index contributed by atoms with van der Waals surface area (Å²) in [6.07, 6.45) is 19.3. The van der Waals surface area contributed by atoms with Crippen LogP contribution in [0.3, 0.4) is 0 Å². The Labute approximate surface area is 277 Å². The van der Waals surface area contributed by atoms with Gasteiger partial charge in [-0.05, 0) is 0 Å². The predicted molar refractivity (Wildman–Crippen MR) is 200 cm³/mol. The van der Waals surface area contributed by atoms with E-state index in [-0.39, 0.29) is 0 Å². The van der Waals surface area contributed by atoms with Crippen molar-refractivity contribution in [3.63, 3.8) is 0 Å². The van der Waals surface area contributed by atoms with Gasteiger partial charge in [-0.1, -0.05) is 0 Å². The molecule has 0 amide bonds. The van der Waals surface area contributed by atoms with Gasteiger partial charge in [-0.25, -0.2) is 0 Å². The van der Waals surface area contributed by atoms with Crippen molar-refractivity contribution in [1.82, 2.24) is 0 Å². The molecule has 0 bridgehead atoms. The Morgan fingerprint density at radius 2 is 1.09 bits per heavy atom. The second kappa shape index (κ2) is 18.6. The molecule has 3 aromatic carbocycles. The van der Waals surface area contributed by atoms with Crippen molar-refractivity contribution in [2.45, 2.75) is 142 Å². The van der Waals surface area contributed by atoms with E-state index in [2.05, 4.69) is 71.0 Å². The fourth-order valence-corrected chi connectivity index (χ4v) is 17.3. The van der Waals surface area contributed by atoms with E-state index < -0.39 is 16.9 Å². The Bertz CT molecular complexity index is 1380. The topological polar surface area (TPSA) is 43.4 Å². The third-order valence-corrected chi connectivity index (χ3v) is 18.8. The van der Waals surface area contributed by atoms with E-state index in [0.29, 0.717) is 4.90 Å². The van der Waals surface area contributed by atoms with Gasteiger partial charge in [0.05, 0.1) is 0 Å². The fourth-order valence-electron chi connectivity index (χ4n) is 7.22. The summed E-state index contributed by atoms with van der Waals surface area (Å²) in [6.45, 7) is 7.70. The first-order valence-corrected chi connectivity index (χ1v) is 22.5. The molecule has 0 radical (unpaired) electrons. The van der Waals surface area contributed by atoms with Crippen LogP contribution in [0.2, 0.25) is 0 Å². The molecule has 0 spiro atoms. The van der Waals surface area contributed by atoms with Gasteiger partial charge in [0.15, 0.2) is 0 Å². The number of hydrogen-bond donors (Lipinski definition) is 0. The van der Waals surface area contributed by atoms with E-state index in [1.807, 2.05) is 24.3 Å². The summed E-state index contributed by atoms with van der Waals surface area (Å²) < 4.78 is 38.0. The molecule has 3 aromatic rings. The summed E-state index contributed by atoms with van der Waals surface area (Å²) in [4.78, 5) is 0.469. The molecule has 0 atom stereocenters. The molecular weight excluding hydrogens is 591 g/mol. The Hall–Kier alpha value is -1.74. The van der Waals surface area contributed by atoms with Crippen LogP contribution in [0.15, 0.2) is 65.6 Å². The summed E-state index contributed by atoms with van der Waals surface area (Å²) in [5.41, 5.74) is 2.23. The molecule has 5 heteroatoms. The van der Waals surface area contributed by atoms with Crippen LogP contribution in [0.1, 0.15) is 136 Å². The number of unbranched alkanes of at least 4 members (excludes halogenated alkanes) is 9. The SMILES string of the molecule is CCCCCCc1cc2ccccc2c(S(=O)(=O)OP(CCCC)(CCCC)(CCCC)c2ccccc2)c1CCCCCC. The number of rotatable bonds is 23.